The van der Waals surface area contributed by atoms with Gasteiger partial charge in [-0.2, -0.15) is 4.31 Å². The van der Waals surface area contributed by atoms with Crippen molar-refractivity contribution in [2.75, 3.05) is 39.4 Å². The van der Waals surface area contributed by atoms with Gasteiger partial charge < -0.3 is 9.47 Å². The van der Waals surface area contributed by atoms with Crippen molar-refractivity contribution >= 4 is 10.0 Å². The van der Waals surface area contributed by atoms with Crippen molar-refractivity contribution in [2.45, 2.75) is 31.7 Å². The van der Waals surface area contributed by atoms with E-state index in [4.69, 9.17) is 9.47 Å². The third kappa shape index (κ3) is 3.99. The van der Waals surface area contributed by atoms with Crippen LogP contribution in [0.2, 0.25) is 0 Å². The van der Waals surface area contributed by atoms with E-state index in [9.17, 15) is 8.42 Å². The SMILES string of the molecule is Cc1ccc([C@H](C)N2CCN(S(=O)(=O)c3ccc4c(c3)OCCO4)CC2)cc1C. The molecule has 0 aromatic heterocycles. The topological polar surface area (TPSA) is 59.1 Å². The van der Waals surface area contributed by atoms with Gasteiger partial charge in [0.1, 0.15) is 13.2 Å². The molecule has 0 spiro atoms. The van der Waals surface area contributed by atoms with Crippen molar-refractivity contribution in [3.63, 3.8) is 0 Å². The van der Waals surface area contributed by atoms with Crippen molar-refractivity contribution in [2.24, 2.45) is 0 Å². The minimum absolute atomic E-state index is 0.258. The average Bonchev–Trinajstić information content (AvgIpc) is 2.75. The molecular formula is C22H28N2O4S. The first-order valence-corrected chi connectivity index (χ1v) is 11.5. The maximum Gasteiger partial charge on any atom is 0.243 e. The minimum atomic E-state index is -3.55. The Hall–Kier alpha value is -2.09. The molecule has 0 radical (unpaired) electrons. The Labute approximate surface area is 173 Å². The maximum absolute atomic E-state index is 13.1. The first-order chi connectivity index (χ1) is 13.9. The number of sulfonamides is 1. The smallest absolute Gasteiger partial charge is 0.243 e. The molecule has 6 nitrogen and oxygen atoms in total. The number of piperazine rings is 1. The van der Waals surface area contributed by atoms with Crippen LogP contribution in [-0.4, -0.2) is 57.0 Å². The summed E-state index contributed by atoms with van der Waals surface area (Å²) in [6.07, 6.45) is 0. The van der Waals surface area contributed by atoms with E-state index in [1.807, 2.05) is 0 Å². The standard InChI is InChI=1S/C22H28N2O4S/c1-16-4-5-19(14-17(16)2)18(3)23-8-10-24(11-9-23)29(25,26)20-6-7-21-22(15-20)28-13-12-27-21/h4-7,14-15,18H,8-13H2,1-3H3/t18-/m0/s1. The second kappa shape index (κ2) is 7.97. The number of fused-ring (bicyclic) bond motifs is 1. The lowest BCUT2D eigenvalue weighted by atomic mass is 10.0. The van der Waals surface area contributed by atoms with Crippen molar-refractivity contribution < 1.29 is 17.9 Å². The number of benzene rings is 2. The molecule has 1 atom stereocenters. The maximum atomic E-state index is 13.1. The second-order valence-electron chi connectivity index (χ2n) is 7.77. The molecule has 2 heterocycles. The fourth-order valence-electron chi connectivity index (χ4n) is 3.90. The van der Waals surface area contributed by atoms with E-state index in [0.29, 0.717) is 50.9 Å². The van der Waals surface area contributed by atoms with Crippen LogP contribution in [0.1, 0.15) is 29.7 Å². The molecule has 0 aliphatic carbocycles. The molecule has 0 N–H and O–H groups in total. The zero-order valence-electron chi connectivity index (χ0n) is 17.2. The van der Waals surface area contributed by atoms with Gasteiger partial charge in [-0.3, -0.25) is 4.90 Å². The van der Waals surface area contributed by atoms with Gasteiger partial charge >= 0.3 is 0 Å². The zero-order valence-corrected chi connectivity index (χ0v) is 18.0. The Bertz CT molecular complexity index is 998. The molecule has 4 rings (SSSR count). The molecular weight excluding hydrogens is 388 g/mol. The van der Waals surface area contributed by atoms with Gasteiger partial charge in [-0.05, 0) is 49.6 Å². The number of ether oxygens (including phenoxy) is 2. The van der Waals surface area contributed by atoms with E-state index in [1.165, 1.54) is 16.7 Å². The third-order valence-corrected chi connectivity index (χ3v) is 7.88. The highest BCUT2D eigenvalue weighted by Gasteiger charge is 2.31. The fraction of sp³-hybridized carbons (Fsp3) is 0.455. The summed E-state index contributed by atoms with van der Waals surface area (Å²) < 4.78 is 38.8. The van der Waals surface area contributed by atoms with Gasteiger partial charge in [0.05, 0.1) is 4.90 Å². The summed E-state index contributed by atoms with van der Waals surface area (Å²) in [6.45, 7) is 9.72. The molecule has 7 heteroatoms. The molecule has 0 bridgehead atoms. The van der Waals surface area contributed by atoms with Crippen molar-refractivity contribution in [3.8, 4) is 11.5 Å². The van der Waals surface area contributed by atoms with E-state index in [0.717, 1.165) is 0 Å². The summed E-state index contributed by atoms with van der Waals surface area (Å²) in [5.74, 6) is 1.10. The number of nitrogens with zero attached hydrogens (tertiary/aromatic N) is 2. The van der Waals surface area contributed by atoms with E-state index in [-0.39, 0.29) is 10.9 Å². The van der Waals surface area contributed by atoms with Crippen molar-refractivity contribution in [1.29, 1.82) is 0 Å². The highest BCUT2D eigenvalue weighted by atomic mass is 32.2. The van der Waals surface area contributed by atoms with Gasteiger partial charge in [-0.25, -0.2) is 8.42 Å². The number of rotatable bonds is 4. The number of hydrogen-bond donors (Lipinski definition) is 0. The second-order valence-corrected chi connectivity index (χ2v) is 9.70. The fourth-order valence-corrected chi connectivity index (χ4v) is 5.34. The summed E-state index contributed by atoms with van der Waals surface area (Å²) in [6, 6.07) is 11.7. The molecule has 2 aromatic carbocycles. The lowest BCUT2D eigenvalue weighted by Gasteiger charge is -2.37. The van der Waals surface area contributed by atoms with Crippen molar-refractivity contribution in [1.82, 2.24) is 9.21 Å². The van der Waals surface area contributed by atoms with Crippen LogP contribution < -0.4 is 9.47 Å². The summed E-state index contributed by atoms with van der Waals surface area (Å²) in [5.41, 5.74) is 3.85. The van der Waals surface area contributed by atoms with Crippen LogP contribution in [0.3, 0.4) is 0 Å². The van der Waals surface area contributed by atoms with Crippen LogP contribution >= 0.6 is 0 Å². The molecule has 1 saturated heterocycles. The molecule has 156 valence electrons. The van der Waals surface area contributed by atoms with Gasteiger partial charge in [-0.15, -0.1) is 0 Å². The van der Waals surface area contributed by atoms with Crippen LogP contribution in [0.4, 0.5) is 0 Å². The predicted molar refractivity (Wildman–Crippen MR) is 112 cm³/mol. The van der Waals surface area contributed by atoms with Crippen molar-refractivity contribution in [3.05, 3.63) is 53.1 Å². The normalized spacial score (nSPS) is 19.1. The Morgan fingerprint density at radius 2 is 1.55 bits per heavy atom. The lowest BCUT2D eigenvalue weighted by molar-refractivity contribution is 0.145. The highest BCUT2D eigenvalue weighted by molar-refractivity contribution is 7.89. The number of hydrogen-bond acceptors (Lipinski definition) is 5. The molecule has 29 heavy (non-hydrogen) atoms. The van der Waals surface area contributed by atoms with Crippen LogP contribution in [0.5, 0.6) is 11.5 Å². The van der Waals surface area contributed by atoms with Crippen LogP contribution in [0.15, 0.2) is 41.3 Å². The van der Waals surface area contributed by atoms with E-state index < -0.39 is 10.0 Å². The molecule has 2 aromatic rings. The van der Waals surface area contributed by atoms with E-state index in [2.05, 4.69) is 43.9 Å². The molecule has 1 fully saturated rings. The minimum Gasteiger partial charge on any atom is -0.486 e. The lowest BCUT2D eigenvalue weighted by Crippen LogP contribution is -2.49. The summed E-state index contributed by atoms with van der Waals surface area (Å²) in [7, 11) is -3.55. The van der Waals surface area contributed by atoms with Gasteiger partial charge in [0.2, 0.25) is 10.0 Å². The Morgan fingerprint density at radius 3 is 2.24 bits per heavy atom. The first kappa shape index (κ1) is 20.2. The highest BCUT2D eigenvalue weighted by Crippen LogP contribution is 2.33. The number of aryl methyl sites for hydroxylation is 2. The molecule has 2 aliphatic heterocycles. The quantitative estimate of drug-likeness (QED) is 0.766. The third-order valence-electron chi connectivity index (χ3n) is 5.99. The van der Waals surface area contributed by atoms with Crippen LogP contribution in [0, 0.1) is 13.8 Å². The predicted octanol–water partition coefficient (Wildman–Crippen LogP) is 3.14. The Morgan fingerprint density at radius 1 is 0.862 bits per heavy atom. The van der Waals surface area contributed by atoms with Gasteiger partial charge in [0.25, 0.3) is 0 Å². The molecule has 2 aliphatic rings. The molecule has 0 unspecified atom stereocenters. The zero-order chi connectivity index (χ0) is 20.6. The van der Waals surface area contributed by atoms with Gasteiger partial charge in [-0.1, -0.05) is 18.2 Å². The molecule has 0 saturated carbocycles. The molecule has 0 amide bonds. The Balaban J connectivity index is 1.45. The van der Waals surface area contributed by atoms with Crippen LogP contribution in [-0.2, 0) is 10.0 Å². The largest absolute Gasteiger partial charge is 0.486 e. The average molecular weight is 417 g/mol. The monoisotopic (exact) mass is 416 g/mol. The van der Waals surface area contributed by atoms with E-state index in [1.54, 1.807) is 22.5 Å². The first-order valence-electron chi connectivity index (χ1n) is 10.1. The summed E-state index contributed by atoms with van der Waals surface area (Å²) in [4.78, 5) is 2.61. The van der Waals surface area contributed by atoms with Gasteiger partial charge in [0.15, 0.2) is 11.5 Å². The Kier molecular flexibility index (Phi) is 5.55. The van der Waals surface area contributed by atoms with Crippen LogP contribution in [0.25, 0.3) is 0 Å². The van der Waals surface area contributed by atoms with E-state index >= 15 is 0 Å². The van der Waals surface area contributed by atoms with Gasteiger partial charge in [0, 0.05) is 38.3 Å². The summed E-state index contributed by atoms with van der Waals surface area (Å²) >= 11 is 0. The summed E-state index contributed by atoms with van der Waals surface area (Å²) in [5, 5.41) is 0.